The van der Waals surface area contributed by atoms with E-state index in [0.717, 1.165) is 26.4 Å². The molecule has 0 unspecified atom stereocenters. The maximum atomic E-state index is 12.9. The lowest BCUT2D eigenvalue weighted by molar-refractivity contribution is 0.397. The van der Waals surface area contributed by atoms with Crippen LogP contribution in [0.3, 0.4) is 0 Å². The molecule has 2 aromatic carbocycles. The maximum Gasteiger partial charge on any atom is 0.243 e. The maximum absolute atomic E-state index is 12.9. The van der Waals surface area contributed by atoms with Crippen molar-refractivity contribution in [3.8, 4) is 0 Å². The topological polar surface area (TPSA) is 50.3 Å². The fourth-order valence-corrected chi connectivity index (χ4v) is 5.02. The first kappa shape index (κ1) is 17.1. The van der Waals surface area contributed by atoms with Crippen LogP contribution in [-0.2, 0) is 10.0 Å². The Bertz CT molecular complexity index is 960. The van der Waals surface area contributed by atoms with E-state index in [9.17, 15) is 8.42 Å². The minimum absolute atomic E-state index is 0.320. The molecule has 0 N–H and O–H groups in total. The van der Waals surface area contributed by atoms with Gasteiger partial charge in [0.05, 0.1) is 21.2 Å². The number of rotatable bonds is 4. The van der Waals surface area contributed by atoms with Crippen LogP contribution in [0.4, 0.5) is 0 Å². The van der Waals surface area contributed by atoms with Gasteiger partial charge in [-0.2, -0.15) is 4.31 Å². The van der Waals surface area contributed by atoms with Crippen molar-refractivity contribution >= 4 is 31.6 Å². The van der Waals surface area contributed by atoms with Crippen molar-refractivity contribution in [1.29, 1.82) is 0 Å². The molecule has 1 heterocycles. The Balaban J connectivity index is 1.96. The number of sulfonamides is 1. The quantitative estimate of drug-likeness (QED) is 0.697. The van der Waals surface area contributed by atoms with Crippen LogP contribution >= 0.6 is 11.3 Å². The van der Waals surface area contributed by atoms with Crippen LogP contribution in [0.2, 0.25) is 0 Å². The zero-order valence-electron chi connectivity index (χ0n) is 14.1. The van der Waals surface area contributed by atoms with Gasteiger partial charge in [-0.05, 0) is 56.2 Å². The summed E-state index contributed by atoms with van der Waals surface area (Å²) in [5, 5.41) is 0.797. The minimum atomic E-state index is -3.56. The van der Waals surface area contributed by atoms with Gasteiger partial charge in [0, 0.05) is 7.05 Å². The third-order valence-corrected chi connectivity index (χ3v) is 7.50. The summed E-state index contributed by atoms with van der Waals surface area (Å²) in [4.78, 5) is 4.91. The van der Waals surface area contributed by atoms with E-state index in [4.69, 9.17) is 0 Å². The molecule has 0 aliphatic carbocycles. The number of aromatic nitrogens is 1. The second-order valence-corrected chi connectivity index (χ2v) is 9.02. The normalized spacial score (nSPS) is 13.5. The fourth-order valence-electron chi connectivity index (χ4n) is 2.47. The molecule has 0 saturated carbocycles. The van der Waals surface area contributed by atoms with E-state index in [1.807, 2.05) is 51.1 Å². The SMILES string of the molecule is Cc1ccc(S(=O)(=O)N(C)[C@@H](C)c2nc3ccccc3s2)cc1C. The molecule has 0 fully saturated rings. The van der Waals surface area contributed by atoms with E-state index in [2.05, 4.69) is 4.98 Å². The van der Waals surface area contributed by atoms with Crippen LogP contribution in [0.25, 0.3) is 10.2 Å². The van der Waals surface area contributed by atoms with Crippen molar-refractivity contribution in [2.45, 2.75) is 31.7 Å². The number of thiazole rings is 1. The van der Waals surface area contributed by atoms with Gasteiger partial charge in [0.1, 0.15) is 5.01 Å². The average molecular weight is 361 g/mol. The molecule has 1 atom stereocenters. The summed E-state index contributed by atoms with van der Waals surface area (Å²) >= 11 is 1.53. The molecule has 4 nitrogen and oxygen atoms in total. The van der Waals surface area contributed by atoms with E-state index >= 15 is 0 Å². The van der Waals surface area contributed by atoms with Gasteiger partial charge in [-0.1, -0.05) is 18.2 Å². The molecular formula is C18H20N2O2S2. The molecule has 0 amide bonds. The number of nitrogens with zero attached hydrogens (tertiary/aromatic N) is 2. The molecule has 0 saturated heterocycles. The third kappa shape index (κ3) is 2.97. The second-order valence-electron chi connectivity index (χ2n) is 5.96. The Morgan fingerprint density at radius 2 is 1.79 bits per heavy atom. The van der Waals surface area contributed by atoms with Crippen LogP contribution in [0.15, 0.2) is 47.4 Å². The Morgan fingerprint density at radius 1 is 1.08 bits per heavy atom. The summed E-state index contributed by atoms with van der Waals surface area (Å²) in [6, 6.07) is 12.8. The van der Waals surface area contributed by atoms with E-state index in [1.165, 1.54) is 15.6 Å². The standard InChI is InChI=1S/C18H20N2O2S2/c1-12-9-10-15(11-13(12)2)24(21,22)20(4)14(3)18-19-16-7-5-6-8-17(16)23-18/h5-11,14H,1-4H3/t14-/m0/s1. The summed E-state index contributed by atoms with van der Waals surface area (Å²) < 4.78 is 28.3. The highest BCUT2D eigenvalue weighted by Crippen LogP contribution is 2.31. The molecular weight excluding hydrogens is 340 g/mol. The molecule has 0 bridgehead atoms. The van der Waals surface area contributed by atoms with Gasteiger partial charge in [-0.25, -0.2) is 13.4 Å². The van der Waals surface area contributed by atoms with Gasteiger partial charge in [0.2, 0.25) is 10.0 Å². The zero-order valence-corrected chi connectivity index (χ0v) is 15.8. The van der Waals surface area contributed by atoms with Crippen molar-refractivity contribution in [3.63, 3.8) is 0 Å². The first-order valence-corrected chi connectivity index (χ1v) is 9.97. The van der Waals surface area contributed by atoms with Crippen molar-refractivity contribution < 1.29 is 8.42 Å². The van der Waals surface area contributed by atoms with Crippen LogP contribution in [0.1, 0.15) is 29.1 Å². The highest BCUT2D eigenvalue weighted by Gasteiger charge is 2.28. The lowest BCUT2D eigenvalue weighted by atomic mass is 10.1. The van der Waals surface area contributed by atoms with E-state index in [-0.39, 0.29) is 6.04 Å². The molecule has 3 rings (SSSR count). The molecule has 0 aliphatic rings. The average Bonchev–Trinajstić information content (AvgIpc) is 2.99. The summed E-state index contributed by atoms with van der Waals surface area (Å²) in [5.74, 6) is 0. The molecule has 0 radical (unpaired) electrons. The van der Waals surface area contributed by atoms with Gasteiger partial charge >= 0.3 is 0 Å². The van der Waals surface area contributed by atoms with Gasteiger partial charge in [-0.3, -0.25) is 0 Å². The van der Waals surface area contributed by atoms with Crippen LogP contribution < -0.4 is 0 Å². The highest BCUT2D eigenvalue weighted by atomic mass is 32.2. The summed E-state index contributed by atoms with van der Waals surface area (Å²) in [7, 11) is -1.95. The van der Waals surface area contributed by atoms with E-state index in [1.54, 1.807) is 19.2 Å². The highest BCUT2D eigenvalue weighted by molar-refractivity contribution is 7.89. The Labute approximate surface area is 146 Å². The number of fused-ring (bicyclic) bond motifs is 1. The molecule has 6 heteroatoms. The number of aryl methyl sites for hydroxylation is 2. The largest absolute Gasteiger partial charge is 0.243 e. The van der Waals surface area contributed by atoms with Crippen molar-refractivity contribution in [1.82, 2.24) is 9.29 Å². The predicted molar refractivity (Wildman–Crippen MR) is 98.9 cm³/mol. The summed E-state index contributed by atoms with van der Waals surface area (Å²) in [6.45, 7) is 5.76. The fraction of sp³-hybridized carbons (Fsp3) is 0.278. The van der Waals surface area contributed by atoms with Gasteiger partial charge in [0.25, 0.3) is 0 Å². The molecule has 126 valence electrons. The molecule has 0 aliphatic heterocycles. The van der Waals surface area contributed by atoms with E-state index in [0.29, 0.717) is 4.90 Å². The Morgan fingerprint density at radius 3 is 2.46 bits per heavy atom. The smallest absolute Gasteiger partial charge is 0.239 e. The van der Waals surface area contributed by atoms with Crippen LogP contribution in [0.5, 0.6) is 0 Å². The number of hydrogen-bond acceptors (Lipinski definition) is 4. The van der Waals surface area contributed by atoms with Gasteiger partial charge in [-0.15, -0.1) is 11.3 Å². The zero-order chi connectivity index (χ0) is 17.5. The van der Waals surface area contributed by atoms with Crippen LogP contribution in [-0.4, -0.2) is 24.8 Å². The number of para-hydroxylation sites is 1. The molecule has 24 heavy (non-hydrogen) atoms. The molecule has 0 spiro atoms. The first-order chi connectivity index (χ1) is 11.3. The predicted octanol–water partition coefficient (Wildman–Crippen LogP) is 4.29. The molecule has 3 aromatic rings. The third-order valence-electron chi connectivity index (χ3n) is 4.37. The number of benzene rings is 2. The van der Waals surface area contributed by atoms with Gasteiger partial charge < -0.3 is 0 Å². The van der Waals surface area contributed by atoms with Crippen molar-refractivity contribution in [2.75, 3.05) is 7.05 Å². The summed E-state index contributed by atoms with van der Waals surface area (Å²) in [5.41, 5.74) is 2.95. The molecule has 1 aromatic heterocycles. The first-order valence-electron chi connectivity index (χ1n) is 7.71. The number of hydrogen-bond donors (Lipinski definition) is 0. The van der Waals surface area contributed by atoms with Crippen molar-refractivity contribution in [3.05, 3.63) is 58.6 Å². The van der Waals surface area contributed by atoms with E-state index < -0.39 is 10.0 Å². The Hall–Kier alpha value is -1.76. The monoisotopic (exact) mass is 360 g/mol. The Kier molecular flexibility index (Phi) is 4.46. The minimum Gasteiger partial charge on any atom is -0.239 e. The van der Waals surface area contributed by atoms with Gasteiger partial charge in [0.15, 0.2) is 0 Å². The summed E-state index contributed by atoms with van der Waals surface area (Å²) in [6.07, 6.45) is 0. The van der Waals surface area contributed by atoms with Crippen molar-refractivity contribution in [2.24, 2.45) is 0 Å². The lowest BCUT2D eigenvalue weighted by Gasteiger charge is -2.23. The second kappa shape index (κ2) is 6.27. The van der Waals surface area contributed by atoms with Crippen LogP contribution in [0, 0.1) is 13.8 Å². The lowest BCUT2D eigenvalue weighted by Crippen LogP contribution is -2.29.